The van der Waals surface area contributed by atoms with E-state index in [1.165, 1.54) is 18.4 Å². The quantitative estimate of drug-likeness (QED) is 0.725. The highest BCUT2D eigenvalue weighted by Crippen LogP contribution is 2.17. The van der Waals surface area contributed by atoms with Gasteiger partial charge in [-0.1, -0.05) is 50.1 Å². The molecular formula is C16H23N5. The highest BCUT2D eigenvalue weighted by Gasteiger charge is 2.06. The molecule has 0 amide bonds. The van der Waals surface area contributed by atoms with Crippen LogP contribution in [0.4, 0.5) is 11.8 Å². The van der Waals surface area contributed by atoms with Crippen LogP contribution in [0.2, 0.25) is 0 Å². The van der Waals surface area contributed by atoms with Gasteiger partial charge in [0.25, 0.3) is 0 Å². The van der Waals surface area contributed by atoms with Crippen LogP contribution in [0.5, 0.6) is 0 Å². The van der Waals surface area contributed by atoms with Crippen molar-refractivity contribution in [2.45, 2.75) is 39.2 Å². The van der Waals surface area contributed by atoms with Gasteiger partial charge in [0.1, 0.15) is 0 Å². The number of benzene rings is 1. The van der Waals surface area contributed by atoms with Crippen LogP contribution in [0.15, 0.2) is 36.5 Å². The van der Waals surface area contributed by atoms with Gasteiger partial charge in [-0.3, -0.25) is 0 Å². The molecule has 2 rings (SSSR count). The number of unbranched alkanes of at least 4 members (excludes halogenated alkanes) is 2. The monoisotopic (exact) mass is 285 g/mol. The Bertz CT molecular complexity index is 529. The maximum atomic E-state index is 4.44. The molecule has 1 unspecified atom stereocenters. The van der Waals surface area contributed by atoms with Gasteiger partial charge in [-0.15, -0.1) is 5.10 Å². The third-order valence-electron chi connectivity index (χ3n) is 3.29. The van der Waals surface area contributed by atoms with E-state index >= 15 is 0 Å². The standard InChI is InChI=1S/C16H23N5/c1-3-4-8-11-17-16-20-15(12-18-21-16)19-13(2)14-9-6-5-7-10-14/h5-7,9-10,12-13H,3-4,8,11H2,1-2H3,(H2,17,19,20,21). The fraction of sp³-hybridized carbons (Fsp3) is 0.438. The van der Waals surface area contributed by atoms with Crippen molar-refractivity contribution in [1.29, 1.82) is 0 Å². The minimum atomic E-state index is 0.177. The van der Waals surface area contributed by atoms with Crippen LogP contribution in [-0.2, 0) is 0 Å². The Hall–Kier alpha value is -2.17. The molecular weight excluding hydrogens is 262 g/mol. The number of aromatic nitrogens is 3. The summed E-state index contributed by atoms with van der Waals surface area (Å²) in [7, 11) is 0. The lowest BCUT2D eigenvalue weighted by Crippen LogP contribution is -2.11. The second-order valence-electron chi connectivity index (χ2n) is 5.08. The summed E-state index contributed by atoms with van der Waals surface area (Å²) in [6.45, 7) is 5.17. The summed E-state index contributed by atoms with van der Waals surface area (Å²) >= 11 is 0. The molecule has 1 heterocycles. The lowest BCUT2D eigenvalue weighted by molar-refractivity contribution is 0.738. The van der Waals surface area contributed by atoms with Crippen molar-refractivity contribution in [2.75, 3.05) is 17.2 Å². The molecule has 1 aromatic heterocycles. The van der Waals surface area contributed by atoms with Gasteiger partial charge >= 0.3 is 0 Å². The van der Waals surface area contributed by atoms with E-state index in [-0.39, 0.29) is 6.04 Å². The molecule has 0 bridgehead atoms. The number of rotatable bonds is 8. The first-order valence-electron chi connectivity index (χ1n) is 7.54. The minimum absolute atomic E-state index is 0.177. The fourth-order valence-electron chi connectivity index (χ4n) is 2.07. The topological polar surface area (TPSA) is 62.7 Å². The van der Waals surface area contributed by atoms with E-state index in [0.29, 0.717) is 5.95 Å². The van der Waals surface area contributed by atoms with Gasteiger partial charge in [0.15, 0.2) is 5.82 Å². The van der Waals surface area contributed by atoms with Crippen LogP contribution in [-0.4, -0.2) is 21.7 Å². The van der Waals surface area contributed by atoms with Crippen LogP contribution >= 0.6 is 0 Å². The van der Waals surface area contributed by atoms with Crippen LogP contribution in [0.3, 0.4) is 0 Å². The summed E-state index contributed by atoms with van der Waals surface area (Å²) in [6.07, 6.45) is 5.19. The normalized spacial score (nSPS) is 11.9. The molecule has 1 atom stereocenters. The lowest BCUT2D eigenvalue weighted by atomic mass is 10.1. The highest BCUT2D eigenvalue weighted by atomic mass is 15.3. The smallest absolute Gasteiger partial charge is 0.244 e. The third-order valence-corrected chi connectivity index (χ3v) is 3.29. The Morgan fingerprint density at radius 1 is 1.14 bits per heavy atom. The summed E-state index contributed by atoms with van der Waals surface area (Å²) in [5.41, 5.74) is 1.22. The van der Waals surface area contributed by atoms with Crippen molar-refractivity contribution < 1.29 is 0 Å². The van der Waals surface area contributed by atoms with Crippen molar-refractivity contribution in [3.05, 3.63) is 42.1 Å². The summed E-state index contributed by atoms with van der Waals surface area (Å²) in [5, 5.41) is 14.6. The Balaban J connectivity index is 1.91. The number of nitrogens with zero attached hydrogens (tertiary/aromatic N) is 3. The zero-order chi connectivity index (χ0) is 14.9. The van der Waals surface area contributed by atoms with E-state index in [4.69, 9.17) is 0 Å². The Morgan fingerprint density at radius 3 is 2.71 bits per heavy atom. The zero-order valence-electron chi connectivity index (χ0n) is 12.7. The summed E-state index contributed by atoms with van der Waals surface area (Å²) in [6, 6.07) is 10.4. The van der Waals surface area contributed by atoms with Crippen LogP contribution in [0, 0.1) is 0 Å². The van der Waals surface area contributed by atoms with Crippen molar-refractivity contribution >= 4 is 11.8 Å². The number of nitrogens with one attached hydrogen (secondary N) is 2. The molecule has 0 aliphatic carbocycles. The third kappa shape index (κ3) is 5.02. The Labute approximate surface area is 126 Å². The second kappa shape index (κ2) is 8.19. The average Bonchev–Trinajstić information content (AvgIpc) is 2.53. The number of hydrogen-bond acceptors (Lipinski definition) is 5. The van der Waals surface area contributed by atoms with Crippen LogP contribution < -0.4 is 10.6 Å². The van der Waals surface area contributed by atoms with Gasteiger partial charge in [-0.25, -0.2) is 0 Å². The first-order chi connectivity index (χ1) is 10.3. The fourth-order valence-corrected chi connectivity index (χ4v) is 2.07. The van der Waals surface area contributed by atoms with Crippen molar-refractivity contribution in [3.63, 3.8) is 0 Å². The molecule has 21 heavy (non-hydrogen) atoms. The summed E-state index contributed by atoms with van der Waals surface area (Å²) in [5.74, 6) is 1.32. The molecule has 0 saturated heterocycles. The predicted octanol–water partition coefficient (Wildman–Crippen LogP) is 3.65. The average molecular weight is 285 g/mol. The minimum Gasteiger partial charge on any atom is -0.362 e. The van der Waals surface area contributed by atoms with E-state index < -0.39 is 0 Å². The number of anilines is 2. The molecule has 0 radical (unpaired) electrons. The van der Waals surface area contributed by atoms with E-state index in [9.17, 15) is 0 Å². The molecule has 0 saturated carbocycles. The molecule has 1 aromatic carbocycles. The van der Waals surface area contributed by atoms with Crippen LogP contribution in [0.1, 0.15) is 44.7 Å². The predicted molar refractivity (Wildman–Crippen MR) is 86.3 cm³/mol. The van der Waals surface area contributed by atoms with Crippen molar-refractivity contribution in [2.24, 2.45) is 0 Å². The molecule has 2 aromatic rings. The molecule has 0 aliphatic heterocycles. The van der Waals surface area contributed by atoms with Gasteiger partial charge < -0.3 is 10.6 Å². The zero-order valence-corrected chi connectivity index (χ0v) is 12.7. The first-order valence-corrected chi connectivity index (χ1v) is 7.54. The molecule has 112 valence electrons. The highest BCUT2D eigenvalue weighted by molar-refractivity contribution is 5.39. The van der Waals surface area contributed by atoms with E-state index in [0.717, 1.165) is 18.8 Å². The largest absolute Gasteiger partial charge is 0.362 e. The Kier molecular flexibility index (Phi) is 5.94. The second-order valence-corrected chi connectivity index (χ2v) is 5.08. The van der Waals surface area contributed by atoms with Gasteiger partial charge in [0, 0.05) is 12.6 Å². The summed E-state index contributed by atoms with van der Waals surface area (Å²) < 4.78 is 0. The number of hydrogen-bond donors (Lipinski definition) is 2. The molecule has 5 nitrogen and oxygen atoms in total. The maximum Gasteiger partial charge on any atom is 0.244 e. The van der Waals surface area contributed by atoms with Gasteiger partial charge in [-0.05, 0) is 18.9 Å². The van der Waals surface area contributed by atoms with E-state index in [1.54, 1.807) is 6.20 Å². The molecule has 0 spiro atoms. The molecule has 5 heteroatoms. The van der Waals surface area contributed by atoms with E-state index in [2.05, 4.69) is 51.8 Å². The van der Waals surface area contributed by atoms with Crippen LogP contribution in [0.25, 0.3) is 0 Å². The van der Waals surface area contributed by atoms with Crippen molar-refractivity contribution in [3.8, 4) is 0 Å². The van der Waals surface area contributed by atoms with E-state index in [1.807, 2.05) is 18.2 Å². The summed E-state index contributed by atoms with van der Waals surface area (Å²) in [4.78, 5) is 4.44. The van der Waals surface area contributed by atoms with Gasteiger partial charge in [0.2, 0.25) is 5.95 Å². The van der Waals surface area contributed by atoms with Gasteiger partial charge in [-0.2, -0.15) is 10.1 Å². The molecule has 0 fully saturated rings. The molecule has 2 N–H and O–H groups in total. The first kappa shape index (κ1) is 15.2. The maximum absolute atomic E-state index is 4.44. The Morgan fingerprint density at radius 2 is 1.95 bits per heavy atom. The van der Waals surface area contributed by atoms with Crippen molar-refractivity contribution in [1.82, 2.24) is 15.2 Å². The van der Waals surface area contributed by atoms with Gasteiger partial charge in [0.05, 0.1) is 6.20 Å². The lowest BCUT2D eigenvalue weighted by Gasteiger charge is -2.14. The SMILES string of the molecule is CCCCCNc1nncc(NC(C)c2ccccc2)n1. The molecule has 0 aliphatic rings.